The molecule has 0 spiro atoms. The first-order chi connectivity index (χ1) is 4.93. The van der Waals surface area contributed by atoms with Crippen molar-refractivity contribution in [3.05, 3.63) is 12.2 Å². The molecule has 0 aromatic carbocycles. The molecule has 1 aliphatic rings. The van der Waals surface area contributed by atoms with Crippen molar-refractivity contribution in [1.29, 1.82) is 0 Å². The highest BCUT2D eigenvalue weighted by Gasteiger charge is 2.21. The number of hydrogen-bond donors (Lipinski definition) is 1. The highest BCUT2D eigenvalue weighted by Crippen LogP contribution is 2.07. The molecule has 1 fully saturated rings. The quantitative estimate of drug-likeness (QED) is 0.334. The van der Waals surface area contributed by atoms with Crippen molar-refractivity contribution in [3.63, 3.8) is 0 Å². The molecule has 1 saturated heterocycles. The Labute approximate surface area is 60.3 Å². The van der Waals surface area contributed by atoms with Crippen molar-refractivity contribution < 1.29 is 14.6 Å². The molecular weight excluding hydrogens is 132 g/mol. The average molecular weight is 144 g/mol. The lowest BCUT2D eigenvalue weighted by molar-refractivity contribution is 0.140. The van der Waals surface area contributed by atoms with Gasteiger partial charge in [-0.25, -0.2) is 0 Å². The molecule has 10 heavy (non-hydrogen) atoms. The number of rotatable bonds is 5. The van der Waals surface area contributed by atoms with Gasteiger partial charge in [0, 0.05) is 0 Å². The second-order valence-corrected chi connectivity index (χ2v) is 2.15. The zero-order chi connectivity index (χ0) is 7.23. The normalized spacial score (nSPS) is 23.9. The van der Waals surface area contributed by atoms with Crippen LogP contribution in [0.2, 0.25) is 0 Å². The molecule has 1 aliphatic heterocycles. The molecule has 0 amide bonds. The van der Waals surface area contributed by atoms with Gasteiger partial charge in [-0.05, 0) is 0 Å². The Kier molecular flexibility index (Phi) is 3.43. The fourth-order valence-corrected chi connectivity index (χ4v) is 0.574. The lowest BCUT2D eigenvalue weighted by Gasteiger charge is -1.94. The minimum Gasteiger partial charge on any atom is -0.392 e. The molecule has 3 heteroatoms. The summed E-state index contributed by atoms with van der Waals surface area (Å²) in [6.45, 7) is 2.17. The summed E-state index contributed by atoms with van der Waals surface area (Å²) in [6, 6.07) is 0. The molecule has 0 aromatic rings. The van der Waals surface area contributed by atoms with Gasteiger partial charge in [0.1, 0.15) is 6.10 Å². The van der Waals surface area contributed by atoms with Gasteiger partial charge in [-0.15, -0.1) is 0 Å². The van der Waals surface area contributed by atoms with Crippen LogP contribution in [0.4, 0.5) is 0 Å². The summed E-state index contributed by atoms with van der Waals surface area (Å²) in [5.41, 5.74) is 0. The molecule has 0 saturated carbocycles. The Bertz CT molecular complexity index is 107. The van der Waals surface area contributed by atoms with E-state index in [1.807, 2.05) is 0 Å². The lowest BCUT2D eigenvalue weighted by atomic mass is 10.5. The minimum atomic E-state index is 0.0866. The predicted molar refractivity (Wildman–Crippen MR) is 36.8 cm³/mol. The molecule has 58 valence electrons. The van der Waals surface area contributed by atoms with Crippen LogP contribution in [0.25, 0.3) is 0 Å². The molecule has 3 nitrogen and oxygen atoms in total. The van der Waals surface area contributed by atoms with E-state index in [2.05, 4.69) is 0 Å². The van der Waals surface area contributed by atoms with Crippen LogP contribution >= 0.6 is 0 Å². The van der Waals surface area contributed by atoms with E-state index in [0.29, 0.717) is 19.3 Å². The molecule has 1 heterocycles. The second kappa shape index (κ2) is 4.44. The molecular formula is C7H12O3. The van der Waals surface area contributed by atoms with Crippen LogP contribution in [0.5, 0.6) is 0 Å². The van der Waals surface area contributed by atoms with Crippen LogP contribution < -0.4 is 0 Å². The zero-order valence-electron chi connectivity index (χ0n) is 5.82. The third-order valence-electron chi connectivity index (χ3n) is 1.19. The maximum atomic E-state index is 8.32. The SMILES string of the molecule is OCC=CCOCC1CO1. The summed E-state index contributed by atoms with van der Waals surface area (Å²) in [4.78, 5) is 0. The van der Waals surface area contributed by atoms with Gasteiger partial charge in [-0.1, -0.05) is 12.2 Å². The molecule has 0 aliphatic carbocycles. The molecule has 1 atom stereocenters. The minimum absolute atomic E-state index is 0.0866. The Morgan fingerprint density at radius 1 is 1.60 bits per heavy atom. The summed E-state index contributed by atoms with van der Waals surface area (Å²) in [5, 5.41) is 8.32. The van der Waals surface area contributed by atoms with E-state index >= 15 is 0 Å². The highest BCUT2D eigenvalue weighted by molar-refractivity contribution is 4.80. The second-order valence-electron chi connectivity index (χ2n) is 2.15. The highest BCUT2D eigenvalue weighted by atomic mass is 16.6. The van der Waals surface area contributed by atoms with E-state index < -0.39 is 0 Å². The molecule has 0 radical (unpaired) electrons. The van der Waals surface area contributed by atoms with E-state index in [-0.39, 0.29) is 6.61 Å². The van der Waals surface area contributed by atoms with Gasteiger partial charge in [0.2, 0.25) is 0 Å². The van der Waals surface area contributed by atoms with Crippen LogP contribution in [0.15, 0.2) is 12.2 Å². The summed E-state index contributed by atoms with van der Waals surface area (Å²) >= 11 is 0. The van der Waals surface area contributed by atoms with Crippen molar-refractivity contribution in [2.24, 2.45) is 0 Å². The first kappa shape index (κ1) is 7.72. The Hall–Kier alpha value is -0.380. The van der Waals surface area contributed by atoms with Gasteiger partial charge < -0.3 is 14.6 Å². The summed E-state index contributed by atoms with van der Waals surface area (Å²) < 4.78 is 10.1. The van der Waals surface area contributed by atoms with Gasteiger partial charge in [0.05, 0.1) is 26.4 Å². The van der Waals surface area contributed by atoms with Crippen LogP contribution in [0, 0.1) is 0 Å². The molecule has 1 N–H and O–H groups in total. The van der Waals surface area contributed by atoms with Crippen LogP contribution in [-0.2, 0) is 9.47 Å². The van der Waals surface area contributed by atoms with Gasteiger partial charge in [-0.2, -0.15) is 0 Å². The molecule has 0 bridgehead atoms. The Morgan fingerprint density at radius 3 is 3.00 bits per heavy atom. The third-order valence-corrected chi connectivity index (χ3v) is 1.19. The van der Waals surface area contributed by atoms with E-state index in [1.54, 1.807) is 12.2 Å². The van der Waals surface area contributed by atoms with Gasteiger partial charge in [0.25, 0.3) is 0 Å². The van der Waals surface area contributed by atoms with Crippen molar-refractivity contribution >= 4 is 0 Å². The van der Waals surface area contributed by atoms with E-state index in [4.69, 9.17) is 14.6 Å². The van der Waals surface area contributed by atoms with Crippen LogP contribution in [0.3, 0.4) is 0 Å². The summed E-state index contributed by atoms with van der Waals surface area (Å²) in [7, 11) is 0. The smallest absolute Gasteiger partial charge is 0.104 e. The summed E-state index contributed by atoms with van der Waals surface area (Å²) in [5.74, 6) is 0. The topological polar surface area (TPSA) is 42.0 Å². The van der Waals surface area contributed by atoms with Gasteiger partial charge >= 0.3 is 0 Å². The largest absolute Gasteiger partial charge is 0.392 e. The van der Waals surface area contributed by atoms with Crippen molar-refractivity contribution in [1.82, 2.24) is 0 Å². The van der Waals surface area contributed by atoms with E-state index in [0.717, 1.165) is 6.61 Å². The maximum Gasteiger partial charge on any atom is 0.104 e. The van der Waals surface area contributed by atoms with Crippen molar-refractivity contribution in [2.45, 2.75) is 6.10 Å². The number of hydrogen-bond acceptors (Lipinski definition) is 3. The zero-order valence-corrected chi connectivity index (χ0v) is 5.82. The first-order valence-corrected chi connectivity index (χ1v) is 3.38. The van der Waals surface area contributed by atoms with Crippen LogP contribution in [0.1, 0.15) is 0 Å². The van der Waals surface area contributed by atoms with E-state index in [1.165, 1.54) is 0 Å². The van der Waals surface area contributed by atoms with Crippen molar-refractivity contribution in [3.8, 4) is 0 Å². The maximum absolute atomic E-state index is 8.32. The standard InChI is InChI=1S/C7H12O3/c8-3-1-2-4-9-5-7-6-10-7/h1-2,7-8H,3-6H2. The third kappa shape index (κ3) is 3.61. The van der Waals surface area contributed by atoms with Crippen LogP contribution in [-0.4, -0.2) is 37.6 Å². The van der Waals surface area contributed by atoms with Gasteiger partial charge in [0.15, 0.2) is 0 Å². The average Bonchev–Trinajstić information content (AvgIpc) is 2.71. The monoisotopic (exact) mass is 144 g/mol. The molecule has 1 unspecified atom stereocenters. The number of aliphatic hydroxyl groups is 1. The van der Waals surface area contributed by atoms with Crippen molar-refractivity contribution in [2.75, 3.05) is 26.4 Å². The number of aliphatic hydroxyl groups excluding tert-OH is 1. The molecule has 1 rings (SSSR count). The van der Waals surface area contributed by atoms with E-state index in [9.17, 15) is 0 Å². The first-order valence-electron chi connectivity index (χ1n) is 3.38. The fourth-order valence-electron chi connectivity index (χ4n) is 0.574. The predicted octanol–water partition coefficient (Wildman–Crippen LogP) is -0.0497. The number of ether oxygens (including phenoxy) is 2. The lowest BCUT2D eigenvalue weighted by Crippen LogP contribution is -2.00. The number of epoxide rings is 1. The van der Waals surface area contributed by atoms with Gasteiger partial charge in [-0.3, -0.25) is 0 Å². The fraction of sp³-hybridized carbons (Fsp3) is 0.714. The molecule has 0 aromatic heterocycles. The Balaban J connectivity index is 1.80. The Morgan fingerprint density at radius 2 is 2.40 bits per heavy atom. The summed E-state index contributed by atoms with van der Waals surface area (Å²) in [6.07, 6.45) is 3.79.